The lowest BCUT2D eigenvalue weighted by molar-refractivity contribution is -0.136. The van der Waals surface area contributed by atoms with Crippen LogP contribution < -0.4 is 5.56 Å². The van der Waals surface area contributed by atoms with Crippen molar-refractivity contribution in [3.63, 3.8) is 0 Å². The third-order valence-corrected chi connectivity index (χ3v) is 3.08. The van der Waals surface area contributed by atoms with Gasteiger partial charge in [0.05, 0.1) is 17.5 Å². The second-order valence-electron chi connectivity index (χ2n) is 4.25. The van der Waals surface area contributed by atoms with Gasteiger partial charge in [-0.3, -0.25) is 9.59 Å². The highest BCUT2D eigenvalue weighted by molar-refractivity contribution is 5.91. The standard InChI is InChI=1S/C13H13NO4/c1-7-4-3-5-9-12(7)10(6-11(15)16)8(2)14(18)13(9)17/h3-5,18H,6H2,1-2H3,(H,15,16). The Balaban J connectivity index is 2.98. The summed E-state index contributed by atoms with van der Waals surface area (Å²) in [5, 5.41) is 19.6. The monoisotopic (exact) mass is 247 g/mol. The quantitative estimate of drug-likeness (QED) is 0.788. The molecule has 0 aliphatic rings. The van der Waals surface area contributed by atoms with Crippen LogP contribution in [0.5, 0.6) is 0 Å². The normalized spacial score (nSPS) is 10.8. The second kappa shape index (κ2) is 4.18. The van der Waals surface area contributed by atoms with Crippen LogP contribution in [-0.2, 0) is 11.2 Å². The van der Waals surface area contributed by atoms with Crippen molar-refractivity contribution in [2.24, 2.45) is 0 Å². The van der Waals surface area contributed by atoms with Gasteiger partial charge in [0.2, 0.25) is 0 Å². The van der Waals surface area contributed by atoms with Gasteiger partial charge in [0.25, 0.3) is 5.56 Å². The minimum atomic E-state index is -0.999. The molecule has 94 valence electrons. The molecule has 0 atom stereocenters. The van der Waals surface area contributed by atoms with E-state index in [0.29, 0.717) is 21.1 Å². The Hall–Kier alpha value is -2.30. The molecule has 1 aromatic heterocycles. The van der Waals surface area contributed by atoms with Crippen LogP contribution >= 0.6 is 0 Å². The van der Waals surface area contributed by atoms with E-state index < -0.39 is 11.5 Å². The minimum Gasteiger partial charge on any atom is -0.481 e. The number of hydrogen-bond acceptors (Lipinski definition) is 3. The molecule has 1 aromatic carbocycles. The average molecular weight is 247 g/mol. The van der Waals surface area contributed by atoms with E-state index in [1.807, 2.05) is 13.0 Å². The number of aryl methyl sites for hydroxylation is 1. The zero-order valence-corrected chi connectivity index (χ0v) is 10.1. The number of benzene rings is 1. The Morgan fingerprint density at radius 1 is 1.33 bits per heavy atom. The first kappa shape index (κ1) is 12.2. The molecule has 0 bridgehead atoms. The number of fused-ring (bicyclic) bond motifs is 1. The third kappa shape index (κ3) is 1.73. The van der Waals surface area contributed by atoms with Gasteiger partial charge in [-0.15, -0.1) is 0 Å². The Kier molecular flexibility index (Phi) is 2.82. The lowest BCUT2D eigenvalue weighted by atomic mass is 9.98. The summed E-state index contributed by atoms with van der Waals surface area (Å²) in [4.78, 5) is 22.8. The van der Waals surface area contributed by atoms with Crippen LogP contribution in [0.25, 0.3) is 10.8 Å². The van der Waals surface area contributed by atoms with Crippen molar-refractivity contribution in [2.45, 2.75) is 20.3 Å². The summed E-state index contributed by atoms with van der Waals surface area (Å²) in [5.41, 5.74) is 1.03. The zero-order valence-electron chi connectivity index (χ0n) is 10.1. The van der Waals surface area contributed by atoms with Crippen LogP contribution in [0, 0.1) is 13.8 Å². The number of aliphatic carboxylic acids is 1. The van der Waals surface area contributed by atoms with E-state index in [4.69, 9.17) is 5.11 Å². The SMILES string of the molecule is Cc1cccc2c(=O)n(O)c(C)c(CC(=O)O)c12. The van der Waals surface area contributed by atoms with Crippen molar-refractivity contribution in [3.05, 3.63) is 45.4 Å². The molecule has 0 aliphatic carbocycles. The lowest BCUT2D eigenvalue weighted by Crippen LogP contribution is -2.23. The fourth-order valence-corrected chi connectivity index (χ4v) is 2.19. The van der Waals surface area contributed by atoms with E-state index in [-0.39, 0.29) is 12.1 Å². The van der Waals surface area contributed by atoms with Gasteiger partial charge in [-0.05, 0) is 36.4 Å². The highest BCUT2D eigenvalue weighted by atomic mass is 16.5. The number of hydrogen-bond donors (Lipinski definition) is 2. The topological polar surface area (TPSA) is 79.5 Å². The van der Waals surface area contributed by atoms with E-state index in [1.54, 1.807) is 12.1 Å². The van der Waals surface area contributed by atoms with Crippen LogP contribution in [0.2, 0.25) is 0 Å². The molecule has 18 heavy (non-hydrogen) atoms. The predicted octanol–water partition coefficient (Wildman–Crippen LogP) is 1.48. The maximum Gasteiger partial charge on any atom is 0.307 e. The Labute approximate surface area is 103 Å². The number of carboxylic acids is 1. The zero-order chi connectivity index (χ0) is 13.4. The molecule has 0 unspecified atom stereocenters. The highest BCUT2D eigenvalue weighted by Gasteiger charge is 2.16. The lowest BCUT2D eigenvalue weighted by Gasteiger charge is -2.13. The number of rotatable bonds is 2. The van der Waals surface area contributed by atoms with E-state index >= 15 is 0 Å². The first-order valence-electron chi connectivity index (χ1n) is 5.48. The molecule has 5 heteroatoms. The number of pyridine rings is 1. The summed E-state index contributed by atoms with van der Waals surface area (Å²) < 4.78 is 0.514. The van der Waals surface area contributed by atoms with Crippen LogP contribution in [0.4, 0.5) is 0 Å². The van der Waals surface area contributed by atoms with E-state index in [2.05, 4.69) is 0 Å². The molecule has 2 N–H and O–H groups in total. The maximum atomic E-state index is 11.9. The van der Waals surface area contributed by atoms with Crippen molar-refractivity contribution >= 4 is 16.7 Å². The number of carboxylic acid groups (broad SMARTS) is 1. The summed E-state index contributed by atoms with van der Waals surface area (Å²) in [6, 6.07) is 5.11. The largest absolute Gasteiger partial charge is 0.481 e. The molecule has 2 aromatic rings. The molecule has 0 aliphatic heterocycles. The molecule has 5 nitrogen and oxygen atoms in total. The van der Waals surface area contributed by atoms with Gasteiger partial charge in [0.1, 0.15) is 0 Å². The Bertz CT molecular complexity index is 700. The third-order valence-electron chi connectivity index (χ3n) is 3.08. The van der Waals surface area contributed by atoms with Gasteiger partial charge in [0, 0.05) is 0 Å². The van der Waals surface area contributed by atoms with Crippen molar-refractivity contribution < 1.29 is 15.1 Å². The van der Waals surface area contributed by atoms with Crippen LogP contribution in [0.15, 0.2) is 23.0 Å². The van der Waals surface area contributed by atoms with E-state index in [9.17, 15) is 14.8 Å². The predicted molar refractivity (Wildman–Crippen MR) is 66.2 cm³/mol. The Morgan fingerprint density at radius 3 is 2.61 bits per heavy atom. The van der Waals surface area contributed by atoms with Crippen LogP contribution in [0.3, 0.4) is 0 Å². The summed E-state index contributed by atoms with van der Waals surface area (Å²) in [6.07, 6.45) is -0.228. The molecular weight excluding hydrogens is 234 g/mol. The molecule has 1 heterocycles. The number of nitrogens with zero attached hydrogens (tertiary/aromatic N) is 1. The summed E-state index contributed by atoms with van der Waals surface area (Å²) in [5.74, 6) is -0.999. The molecule has 0 radical (unpaired) electrons. The number of aromatic nitrogens is 1. The first-order chi connectivity index (χ1) is 8.43. The van der Waals surface area contributed by atoms with Crippen molar-refractivity contribution in [2.75, 3.05) is 0 Å². The van der Waals surface area contributed by atoms with Gasteiger partial charge in [-0.25, -0.2) is 0 Å². The van der Waals surface area contributed by atoms with E-state index in [1.165, 1.54) is 6.92 Å². The van der Waals surface area contributed by atoms with Crippen LogP contribution in [0.1, 0.15) is 16.8 Å². The molecular formula is C13H13NO4. The fraction of sp³-hybridized carbons (Fsp3) is 0.231. The van der Waals surface area contributed by atoms with Crippen molar-refractivity contribution in [1.82, 2.24) is 4.73 Å². The minimum absolute atomic E-state index is 0.228. The summed E-state index contributed by atoms with van der Waals surface area (Å²) >= 11 is 0. The number of carbonyl (C=O) groups is 1. The molecule has 0 amide bonds. The summed E-state index contributed by atoms with van der Waals surface area (Å²) in [7, 11) is 0. The Morgan fingerprint density at radius 2 is 2.00 bits per heavy atom. The van der Waals surface area contributed by atoms with Crippen LogP contribution in [-0.4, -0.2) is 21.0 Å². The van der Waals surface area contributed by atoms with Gasteiger partial charge >= 0.3 is 5.97 Å². The molecule has 0 saturated carbocycles. The molecule has 0 fully saturated rings. The maximum absolute atomic E-state index is 11.9. The van der Waals surface area contributed by atoms with Gasteiger partial charge in [0.15, 0.2) is 0 Å². The summed E-state index contributed by atoms with van der Waals surface area (Å²) in [6.45, 7) is 3.35. The molecule has 0 spiro atoms. The van der Waals surface area contributed by atoms with Crippen molar-refractivity contribution in [1.29, 1.82) is 0 Å². The van der Waals surface area contributed by atoms with Crippen molar-refractivity contribution in [3.8, 4) is 0 Å². The molecule has 0 saturated heterocycles. The van der Waals surface area contributed by atoms with Gasteiger partial charge in [-0.1, -0.05) is 12.1 Å². The fourth-order valence-electron chi connectivity index (χ4n) is 2.19. The van der Waals surface area contributed by atoms with Gasteiger partial charge in [-0.2, -0.15) is 4.73 Å². The second-order valence-corrected chi connectivity index (χ2v) is 4.25. The first-order valence-corrected chi connectivity index (χ1v) is 5.48. The highest BCUT2D eigenvalue weighted by Crippen LogP contribution is 2.23. The van der Waals surface area contributed by atoms with Gasteiger partial charge < -0.3 is 10.3 Å². The average Bonchev–Trinajstić information content (AvgIpc) is 2.31. The van der Waals surface area contributed by atoms with E-state index in [0.717, 1.165) is 5.56 Å². The smallest absolute Gasteiger partial charge is 0.307 e. The molecule has 2 rings (SSSR count).